The number of carboxylic acid groups (broad SMARTS) is 1. The van der Waals surface area contributed by atoms with Crippen molar-refractivity contribution < 1.29 is 14.7 Å². The molecular formula is C17H20BrN3O3. The van der Waals surface area contributed by atoms with Crippen molar-refractivity contribution >= 4 is 27.8 Å². The monoisotopic (exact) mass is 393 g/mol. The van der Waals surface area contributed by atoms with E-state index in [9.17, 15) is 14.7 Å². The van der Waals surface area contributed by atoms with Crippen LogP contribution in [-0.2, 0) is 4.79 Å². The highest BCUT2D eigenvalue weighted by atomic mass is 79.9. The molecule has 1 atom stereocenters. The van der Waals surface area contributed by atoms with Gasteiger partial charge in [-0.25, -0.2) is 9.48 Å². The van der Waals surface area contributed by atoms with Gasteiger partial charge in [0.2, 0.25) is 0 Å². The minimum absolute atomic E-state index is 0.164. The highest BCUT2D eigenvalue weighted by Gasteiger charge is 2.24. The van der Waals surface area contributed by atoms with Crippen molar-refractivity contribution in [1.82, 2.24) is 15.1 Å². The Hall–Kier alpha value is -2.15. The first-order chi connectivity index (χ1) is 11.3. The first kappa shape index (κ1) is 18.2. The maximum atomic E-state index is 12.4. The van der Waals surface area contributed by atoms with Crippen molar-refractivity contribution in [1.29, 1.82) is 0 Å². The number of carbonyl (C=O) groups is 2. The van der Waals surface area contributed by atoms with Gasteiger partial charge in [0.1, 0.15) is 6.04 Å². The normalized spacial score (nSPS) is 12.2. The van der Waals surface area contributed by atoms with E-state index < -0.39 is 17.9 Å². The molecule has 0 saturated heterocycles. The summed E-state index contributed by atoms with van der Waals surface area (Å²) in [5, 5.41) is 16.1. The van der Waals surface area contributed by atoms with Crippen molar-refractivity contribution in [2.75, 3.05) is 0 Å². The summed E-state index contributed by atoms with van der Waals surface area (Å²) >= 11 is 3.41. The number of benzene rings is 1. The number of aromatic nitrogens is 2. The third-order valence-electron chi connectivity index (χ3n) is 3.62. The second-order valence-corrected chi connectivity index (χ2v) is 6.94. The molecule has 0 fully saturated rings. The fourth-order valence-electron chi connectivity index (χ4n) is 2.43. The lowest BCUT2D eigenvalue weighted by Crippen LogP contribution is -2.41. The molecule has 0 spiro atoms. The van der Waals surface area contributed by atoms with E-state index >= 15 is 0 Å². The van der Waals surface area contributed by atoms with Gasteiger partial charge in [0.05, 0.1) is 23.1 Å². The van der Waals surface area contributed by atoms with Crippen LogP contribution in [0.2, 0.25) is 0 Å². The molecule has 6 nitrogen and oxygen atoms in total. The molecule has 0 radical (unpaired) electrons. The van der Waals surface area contributed by atoms with Crippen LogP contribution in [0.1, 0.15) is 36.3 Å². The molecule has 128 valence electrons. The largest absolute Gasteiger partial charge is 0.480 e. The van der Waals surface area contributed by atoms with E-state index in [0.717, 1.165) is 10.2 Å². The molecule has 1 amide bonds. The lowest BCUT2D eigenvalue weighted by molar-refractivity contribution is -0.139. The maximum Gasteiger partial charge on any atom is 0.326 e. The van der Waals surface area contributed by atoms with Crippen LogP contribution in [0.5, 0.6) is 0 Å². The second-order valence-electron chi connectivity index (χ2n) is 6.03. The van der Waals surface area contributed by atoms with Crippen LogP contribution in [0.15, 0.2) is 34.9 Å². The fraction of sp³-hybridized carbons (Fsp3) is 0.353. The molecule has 2 N–H and O–H groups in total. The Morgan fingerprint density at radius 3 is 2.67 bits per heavy atom. The molecule has 0 saturated carbocycles. The van der Waals surface area contributed by atoms with Crippen LogP contribution in [0.25, 0.3) is 5.69 Å². The molecule has 2 rings (SSSR count). The number of carboxylic acids is 1. The summed E-state index contributed by atoms with van der Waals surface area (Å²) in [5.74, 6) is -1.30. The zero-order chi connectivity index (χ0) is 17.9. The first-order valence-electron chi connectivity index (χ1n) is 7.63. The van der Waals surface area contributed by atoms with Crippen LogP contribution < -0.4 is 5.32 Å². The zero-order valence-electron chi connectivity index (χ0n) is 13.8. The molecule has 0 aliphatic rings. The molecule has 1 aromatic carbocycles. The summed E-state index contributed by atoms with van der Waals surface area (Å²) in [7, 11) is 0. The van der Waals surface area contributed by atoms with Crippen LogP contribution in [0.4, 0.5) is 0 Å². The van der Waals surface area contributed by atoms with Crippen LogP contribution in [0, 0.1) is 12.8 Å². The van der Waals surface area contributed by atoms with Gasteiger partial charge in [-0.05, 0) is 37.5 Å². The molecule has 0 aliphatic carbocycles. The Bertz CT molecular complexity index is 755. The van der Waals surface area contributed by atoms with Gasteiger partial charge in [0, 0.05) is 4.47 Å². The van der Waals surface area contributed by atoms with Gasteiger partial charge < -0.3 is 10.4 Å². The van der Waals surface area contributed by atoms with Crippen molar-refractivity contribution in [2.45, 2.75) is 33.2 Å². The third-order valence-corrected chi connectivity index (χ3v) is 4.11. The molecule has 24 heavy (non-hydrogen) atoms. The molecule has 0 aliphatic heterocycles. The average molecular weight is 394 g/mol. The van der Waals surface area contributed by atoms with E-state index in [1.54, 1.807) is 11.6 Å². The number of amides is 1. The number of aliphatic carboxylic acids is 1. The van der Waals surface area contributed by atoms with Crippen molar-refractivity contribution in [3.05, 3.63) is 46.2 Å². The number of rotatable bonds is 6. The summed E-state index contributed by atoms with van der Waals surface area (Å²) in [5.41, 5.74) is 1.84. The standard InChI is InChI=1S/C17H20BrN3O3/c1-10(2)7-15(17(23)24)20-16(22)14-9-19-21(11(14)3)13-6-4-5-12(18)8-13/h4-6,8-10,15H,7H2,1-3H3,(H,20,22)(H,23,24). The Morgan fingerprint density at radius 2 is 2.08 bits per heavy atom. The highest BCUT2D eigenvalue weighted by molar-refractivity contribution is 9.10. The van der Waals surface area contributed by atoms with Gasteiger partial charge in [-0.15, -0.1) is 0 Å². The van der Waals surface area contributed by atoms with Crippen LogP contribution >= 0.6 is 15.9 Å². The highest BCUT2D eigenvalue weighted by Crippen LogP contribution is 2.18. The third kappa shape index (κ3) is 4.23. The van der Waals surface area contributed by atoms with Gasteiger partial charge in [-0.1, -0.05) is 35.8 Å². The van der Waals surface area contributed by atoms with E-state index in [4.69, 9.17) is 0 Å². The number of nitrogens with one attached hydrogen (secondary N) is 1. The minimum Gasteiger partial charge on any atom is -0.480 e. The first-order valence-corrected chi connectivity index (χ1v) is 8.43. The molecule has 1 aromatic heterocycles. The topological polar surface area (TPSA) is 84.2 Å². The van der Waals surface area contributed by atoms with Crippen molar-refractivity contribution in [3.63, 3.8) is 0 Å². The van der Waals surface area contributed by atoms with E-state index in [2.05, 4.69) is 26.3 Å². The van der Waals surface area contributed by atoms with E-state index in [0.29, 0.717) is 17.7 Å². The molecule has 1 heterocycles. The average Bonchev–Trinajstić information content (AvgIpc) is 2.87. The number of carbonyl (C=O) groups excluding carboxylic acids is 1. The number of halogens is 1. The second kappa shape index (κ2) is 7.61. The zero-order valence-corrected chi connectivity index (χ0v) is 15.4. The molecule has 0 bridgehead atoms. The summed E-state index contributed by atoms with van der Waals surface area (Å²) in [6.45, 7) is 5.61. The maximum absolute atomic E-state index is 12.4. The Labute approximate surface area is 149 Å². The summed E-state index contributed by atoms with van der Waals surface area (Å²) in [4.78, 5) is 23.7. The van der Waals surface area contributed by atoms with E-state index in [-0.39, 0.29) is 5.92 Å². The van der Waals surface area contributed by atoms with Gasteiger partial charge in [0.15, 0.2) is 0 Å². The van der Waals surface area contributed by atoms with Crippen molar-refractivity contribution in [2.24, 2.45) is 5.92 Å². The SMILES string of the molecule is Cc1c(C(=O)NC(CC(C)C)C(=O)O)cnn1-c1cccc(Br)c1. The summed E-state index contributed by atoms with van der Waals surface area (Å²) < 4.78 is 2.56. The predicted molar refractivity (Wildman–Crippen MR) is 94.3 cm³/mol. The molecule has 2 aromatic rings. The summed E-state index contributed by atoms with van der Waals surface area (Å²) in [6.07, 6.45) is 1.83. The number of nitrogens with zero attached hydrogens (tertiary/aromatic N) is 2. The van der Waals surface area contributed by atoms with Gasteiger partial charge >= 0.3 is 5.97 Å². The fourth-order valence-corrected chi connectivity index (χ4v) is 2.82. The van der Waals surface area contributed by atoms with Gasteiger partial charge in [-0.3, -0.25) is 4.79 Å². The van der Waals surface area contributed by atoms with E-state index in [1.165, 1.54) is 6.20 Å². The molecule has 1 unspecified atom stereocenters. The summed E-state index contributed by atoms with van der Waals surface area (Å²) in [6, 6.07) is 6.64. The molecule has 7 heteroatoms. The smallest absolute Gasteiger partial charge is 0.326 e. The van der Waals surface area contributed by atoms with Crippen LogP contribution in [0.3, 0.4) is 0 Å². The Balaban J connectivity index is 2.23. The lowest BCUT2D eigenvalue weighted by Gasteiger charge is -2.16. The number of hydrogen-bond acceptors (Lipinski definition) is 3. The predicted octanol–water partition coefficient (Wildman–Crippen LogP) is 3.17. The Morgan fingerprint density at radius 1 is 1.38 bits per heavy atom. The van der Waals surface area contributed by atoms with Crippen LogP contribution in [-0.4, -0.2) is 32.8 Å². The minimum atomic E-state index is -1.03. The molecular weight excluding hydrogens is 374 g/mol. The number of hydrogen-bond donors (Lipinski definition) is 2. The van der Waals surface area contributed by atoms with Crippen molar-refractivity contribution in [3.8, 4) is 5.69 Å². The lowest BCUT2D eigenvalue weighted by atomic mass is 10.0. The quantitative estimate of drug-likeness (QED) is 0.788. The van der Waals surface area contributed by atoms with Gasteiger partial charge in [0.25, 0.3) is 5.91 Å². The Kier molecular flexibility index (Phi) is 5.77. The van der Waals surface area contributed by atoms with Gasteiger partial charge in [-0.2, -0.15) is 5.10 Å². The van der Waals surface area contributed by atoms with E-state index in [1.807, 2.05) is 38.1 Å².